The molecule has 1 aromatic rings. The molecule has 0 aliphatic carbocycles. The summed E-state index contributed by atoms with van der Waals surface area (Å²) in [5, 5.41) is 9.37. The minimum atomic E-state index is 0.313. The number of unbranched alkanes of at least 4 members (excludes halogenated alkanes) is 1. The first-order valence-electron chi connectivity index (χ1n) is 4.86. The van der Waals surface area contributed by atoms with E-state index < -0.39 is 0 Å². The molecule has 0 unspecified atom stereocenters. The number of nitrogens with two attached hydrogens (primary N) is 1. The summed E-state index contributed by atoms with van der Waals surface area (Å²) in [6, 6.07) is 5.39. The van der Waals surface area contributed by atoms with Gasteiger partial charge in [0, 0.05) is 23.6 Å². The van der Waals surface area contributed by atoms with Crippen LogP contribution in [0.25, 0.3) is 0 Å². The molecule has 0 saturated heterocycles. The predicted molar refractivity (Wildman–Crippen MR) is 64.7 cm³/mol. The maximum atomic E-state index is 8.39. The molecular formula is C11H12Cl2N2O. The summed E-state index contributed by atoms with van der Waals surface area (Å²) in [6.07, 6.45) is 1.13. The van der Waals surface area contributed by atoms with Crippen LogP contribution in [-0.2, 0) is 6.54 Å². The van der Waals surface area contributed by atoms with E-state index in [9.17, 15) is 0 Å². The lowest BCUT2D eigenvalue weighted by atomic mass is 10.2. The zero-order chi connectivity index (χ0) is 12.0. The van der Waals surface area contributed by atoms with Gasteiger partial charge in [-0.2, -0.15) is 5.26 Å². The van der Waals surface area contributed by atoms with Crippen LogP contribution < -0.4 is 10.5 Å². The number of nitrogens with zero attached hydrogens (tertiary/aromatic N) is 1. The van der Waals surface area contributed by atoms with Crippen molar-refractivity contribution < 1.29 is 4.74 Å². The molecular weight excluding hydrogens is 247 g/mol. The maximum Gasteiger partial charge on any atom is 0.142 e. The van der Waals surface area contributed by atoms with Gasteiger partial charge in [-0.15, -0.1) is 0 Å². The Morgan fingerprint density at radius 2 is 2.12 bits per heavy atom. The predicted octanol–water partition coefficient (Wildman–Crippen LogP) is 3.13. The van der Waals surface area contributed by atoms with E-state index >= 15 is 0 Å². The smallest absolute Gasteiger partial charge is 0.142 e. The molecule has 0 heterocycles. The highest BCUT2D eigenvalue weighted by Crippen LogP contribution is 2.32. The molecule has 2 N–H and O–H groups in total. The molecule has 1 aromatic carbocycles. The van der Waals surface area contributed by atoms with E-state index in [1.165, 1.54) is 0 Å². The Bertz CT molecular complexity index is 402. The van der Waals surface area contributed by atoms with Gasteiger partial charge < -0.3 is 10.5 Å². The summed E-state index contributed by atoms with van der Waals surface area (Å²) >= 11 is 11.8. The average Bonchev–Trinajstić information content (AvgIpc) is 2.26. The van der Waals surface area contributed by atoms with Gasteiger partial charge in [-0.1, -0.05) is 23.2 Å². The van der Waals surface area contributed by atoms with E-state index in [0.717, 1.165) is 5.56 Å². The summed E-state index contributed by atoms with van der Waals surface area (Å²) < 4.78 is 5.49. The summed E-state index contributed by atoms with van der Waals surface area (Å²) in [5.74, 6) is 0.562. The van der Waals surface area contributed by atoms with E-state index in [1.54, 1.807) is 12.1 Å². The molecule has 0 aliphatic heterocycles. The molecule has 0 amide bonds. The number of rotatable bonds is 5. The van der Waals surface area contributed by atoms with Crippen molar-refractivity contribution in [3.8, 4) is 11.8 Å². The number of hydrogen-bond acceptors (Lipinski definition) is 3. The van der Waals surface area contributed by atoms with Gasteiger partial charge in [0.2, 0.25) is 0 Å². The zero-order valence-electron chi connectivity index (χ0n) is 8.67. The number of hydrogen-bond donors (Lipinski definition) is 1. The van der Waals surface area contributed by atoms with Crippen LogP contribution in [0, 0.1) is 11.3 Å². The van der Waals surface area contributed by atoms with Crippen molar-refractivity contribution in [1.82, 2.24) is 0 Å². The molecule has 0 saturated carbocycles. The molecule has 16 heavy (non-hydrogen) atoms. The second-order valence-corrected chi connectivity index (χ2v) is 4.03. The number of benzene rings is 1. The first kappa shape index (κ1) is 13.1. The second kappa shape index (κ2) is 6.59. The van der Waals surface area contributed by atoms with Gasteiger partial charge in [0.1, 0.15) is 5.75 Å². The Balaban J connectivity index is 2.74. The summed E-state index contributed by atoms with van der Waals surface area (Å²) in [4.78, 5) is 0. The van der Waals surface area contributed by atoms with Gasteiger partial charge in [-0.25, -0.2) is 0 Å². The van der Waals surface area contributed by atoms with Crippen molar-refractivity contribution in [3.05, 3.63) is 27.7 Å². The van der Waals surface area contributed by atoms with Gasteiger partial charge >= 0.3 is 0 Å². The van der Waals surface area contributed by atoms with Crippen LogP contribution in [-0.4, -0.2) is 6.61 Å². The monoisotopic (exact) mass is 258 g/mol. The molecule has 0 atom stereocenters. The van der Waals surface area contributed by atoms with E-state index in [-0.39, 0.29) is 0 Å². The highest BCUT2D eigenvalue weighted by molar-refractivity contribution is 6.35. The normalized spacial score (nSPS) is 9.88. The van der Waals surface area contributed by atoms with Gasteiger partial charge in [-0.3, -0.25) is 0 Å². The Kier molecular flexibility index (Phi) is 5.41. The van der Waals surface area contributed by atoms with Crippen LogP contribution in [0.3, 0.4) is 0 Å². The Morgan fingerprint density at radius 3 is 2.75 bits per heavy atom. The van der Waals surface area contributed by atoms with Gasteiger partial charge in [0.15, 0.2) is 0 Å². The third kappa shape index (κ3) is 3.57. The topological polar surface area (TPSA) is 59.0 Å². The fraction of sp³-hybridized carbons (Fsp3) is 0.364. The largest absolute Gasteiger partial charge is 0.492 e. The third-order valence-corrected chi connectivity index (χ3v) is 2.48. The van der Waals surface area contributed by atoms with Gasteiger partial charge in [0.05, 0.1) is 17.7 Å². The fourth-order valence-electron chi connectivity index (χ4n) is 1.25. The van der Waals surface area contributed by atoms with Crippen molar-refractivity contribution in [2.24, 2.45) is 5.73 Å². The van der Waals surface area contributed by atoms with Crippen molar-refractivity contribution >= 4 is 23.2 Å². The molecule has 0 fully saturated rings. The van der Waals surface area contributed by atoms with Crippen molar-refractivity contribution in [1.29, 1.82) is 5.26 Å². The zero-order valence-corrected chi connectivity index (χ0v) is 10.2. The third-order valence-electron chi connectivity index (χ3n) is 1.98. The first-order valence-corrected chi connectivity index (χ1v) is 5.62. The van der Waals surface area contributed by atoms with E-state index in [2.05, 4.69) is 0 Å². The lowest BCUT2D eigenvalue weighted by Crippen LogP contribution is -2.04. The van der Waals surface area contributed by atoms with E-state index in [0.29, 0.717) is 41.8 Å². The molecule has 3 nitrogen and oxygen atoms in total. The molecule has 0 bridgehead atoms. The fourth-order valence-corrected chi connectivity index (χ4v) is 1.84. The van der Waals surface area contributed by atoms with Crippen LogP contribution in [0.4, 0.5) is 0 Å². The van der Waals surface area contributed by atoms with E-state index in [1.807, 2.05) is 6.07 Å². The van der Waals surface area contributed by atoms with Crippen LogP contribution in [0.2, 0.25) is 10.0 Å². The minimum absolute atomic E-state index is 0.313. The molecule has 0 radical (unpaired) electrons. The van der Waals surface area contributed by atoms with E-state index in [4.69, 9.17) is 38.9 Å². The molecule has 0 aliphatic rings. The van der Waals surface area contributed by atoms with Crippen LogP contribution in [0.15, 0.2) is 12.1 Å². The van der Waals surface area contributed by atoms with Gasteiger partial charge in [-0.05, 0) is 18.6 Å². The Labute approximate surface area is 105 Å². The first-order chi connectivity index (χ1) is 7.69. The lowest BCUT2D eigenvalue weighted by Gasteiger charge is -2.12. The Morgan fingerprint density at radius 1 is 1.38 bits per heavy atom. The summed E-state index contributed by atoms with van der Waals surface area (Å²) in [7, 11) is 0. The highest BCUT2D eigenvalue weighted by atomic mass is 35.5. The lowest BCUT2D eigenvalue weighted by molar-refractivity contribution is 0.310. The van der Waals surface area contributed by atoms with Crippen LogP contribution in [0.5, 0.6) is 5.75 Å². The second-order valence-electron chi connectivity index (χ2n) is 3.19. The average molecular weight is 259 g/mol. The van der Waals surface area contributed by atoms with Crippen LogP contribution >= 0.6 is 23.2 Å². The number of ether oxygens (including phenoxy) is 1. The number of nitriles is 1. The van der Waals surface area contributed by atoms with Crippen LogP contribution in [0.1, 0.15) is 18.4 Å². The molecule has 1 rings (SSSR count). The molecule has 5 heteroatoms. The number of halogens is 2. The quantitative estimate of drug-likeness (QED) is 0.826. The summed E-state index contributed by atoms with van der Waals surface area (Å²) in [5.41, 5.74) is 6.34. The molecule has 86 valence electrons. The maximum absolute atomic E-state index is 8.39. The van der Waals surface area contributed by atoms with Crippen molar-refractivity contribution in [2.75, 3.05) is 6.61 Å². The Hall–Kier alpha value is -0.950. The van der Waals surface area contributed by atoms with Crippen molar-refractivity contribution in [3.63, 3.8) is 0 Å². The highest BCUT2D eigenvalue weighted by Gasteiger charge is 2.09. The SMILES string of the molecule is N#CCCCOc1c(Cl)cc(Cl)cc1CN. The molecule has 0 spiro atoms. The standard InChI is InChI=1S/C11H12Cl2N2O/c12-9-5-8(7-15)11(10(13)6-9)16-4-2-1-3-14/h5-6H,1-2,4,7,15H2. The molecule has 0 aromatic heterocycles. The minimum Gasteiger partial charge on any atom is -0.492 e. The van der Waals surface area contributed by atoms with Gasteiger partial charge in [0.25, 0.3) is 0 Å². The van der Waals surface area contributed by atoms with Crippen molar-refractivity contribution in [2.45, 2.75) is 19.4 Å². The summed E-state index contributed by atoms with van der Waals surface area (Å²) in [6.45, 7) is 0.760.